The Labute approximate surface area is 102 Å². The van der Waals surface area contributed by atoms with Gasteiger partial charge in [-0.2, -0.15) is 0 Å². The van der Waals surface area contributed by atoms with Crippen molar-refractivity contribution >= 4 is 11.8 Å². The van der Waals surface area contributed by atoms with Gasteiger partial charge in [-0.1, -0.05) is 6.92 Å². The second-order valence-corrected chi connectivity index (χ2v) is 4.52. The normalized spacial score (nSPS) is 26.9. The van der Waals surface area contributed by atoms with E-state index in [2.05, 4.69) is 5.32 Å². The van der Waals surface area contributed by atoms with Crippen LogP contribution in [0.3, 0.4) is 0 Å². The monoisotopic (exact) mass is 242 g/mol. The lowest BCUT2D eigenvalue weighted by molar-refractivity contribution is -0.151. The Balaban J connectivity index is 2.77. The molecule has 0 bridgehead atoms. The summed E-state index contributed by atoms with van der Waals surface area (Å²) in [6.07, 6.45) is 1.38. The highest BCUT2D eigenvalue weighted by atomic mass is 16.5. The highest BCUT2D eigenvalue weighted by molar-refractivity contribution is 5.96. The summed E-state index contributed by atoms with van der Waals surface area (Å²) < 4.78 is 5.02. The van der Waals surface area contributed by atoms with Crippen molar-refractivity contribution in [2.75, 3.05) is 13.7 Å². The highest BCUT2D eigenvalue weighted by Gasteiger charge is 2.39. The number of ether oxygens (including phenoxy) is 1. The molecule has 5 nitrogen and oxygen atoms in total. The molecule has 0 aromatic carbocycles. The van der Waals surface area contributed by atoms with E-state index in [-0.39, 0.29) is 23.9 Å². The smallest absolute Gasteiger partial charge is 0.246 e. The number of carbonyl (C=O) groups is 2. The summed E-state index contributed by atoms with van der Waals surface area (Å²) in [7, 11) is 1.63. The molecule has 1 aliphatic heterocycles. The van der Waals surface area contributed by atoms with Crippen LogP contribution in [0.5, 0.6) is 0 Å². The van der Waals surface area contributed by atoms with Crippen LogP contribution in [0.2, 0.25) is 0 Å². The average molecular weight is 242 g/mol. The molecule has 3 atom stereocenters. The zero-order valence-electron chi connectivity index (χ0n) is 11.0. The van der Waals surface area contributed by atoms with Crippen LogP contribution in [-0.4, -0.2) is 48.6 Å². The first kappa shape index (κ1) is 14.0. The third-order valence-corrected chi connectivity index (χ3v) is 3.29. The number of piperazine rings is 1. The lowest BCUT2D eigenvalue weighted by Crippen LogP contribution is -2.64. The minimum atomic E-state index is -0.392. The van der Waals surface area contributed by atoms with Gasteiger partial charge in [0.25, 0.3) is 0 Å². The third kappa shape index (κ3) is 2.97. The molecule has 98 valence electrons. The molecule has 3 unspecified atom stereocenters. The quantitative estimate of drug-likeness (QED) is 0.765. The first-order valence-corrected chi connectivity index (χ1v) is 6.14. The summed E-state index contributed by atoms with van der Waals surface area (Å²) in [5, 5.41) is 2.75. The van der Waals surface area contributed by atoms with Crippen molar-refractivity contribution < 1.29 is 14.3 Å². The number of hydrogen-bond donors (Lipinski definition) is 1. The molecule has 0 radical (unpaired) electrons. The molecule has 0 aromatic heterocycles. The van der Waals surface area contributed by atoms with E-state index in [0.717, 1.165) is 6.42 Å². The Morgan fingerprint density at radius 1 is 1.47 bits per heavy atom. The molecule has 17 heavy (non-hydrogen) atoms. The molecule has 0 aromatic rings. The van der Waals surface area contributed by atoms with E-state index in [1.165, 1.54) is 0 Å². The second-order valence-electron chi connectivity index (χ2n) is 4.52. The van der Waals surface area contributed by atoms with Crippen LogP contribution in [0, 0.1) is 0 Å². The van der Waals surface area contributed by atoms with Gasteiger partial charge in [0.05, 0.1) is 0 Å². The van der Waals surface area contributed by atoms with Crippen LogP contribution in [0.15, 0.2) is 0 Å². The molecular formula is C12H22N2O3. The lowest BCUT2D eigenvalue weighted by atomic mass is 10.0. The van der Waals surface area contributed by atoms with Crippen molar-refractivity contribution in [3.63, 3.8) is 0 Å². The van der Waals surface area contributed by atoms with Crippen molar-refractivity contribution in [1.82, 2.24) is 10.2 Å². The van der Waals surface area contributed by atoms with Crippen LogP contribution in [-0.2, 0) is 14.3 Å². The third-order valence-electron chi connectivity index (χ3n) is 3.29. The second kappa shape index (κ2) is 6.00. The van der Waals surface area contributed by atoms with Crippen molar-refractivity contribution in [2.45, 2.75) is 51.7 Å². The number of carbonyl (C=O) groups excluding carboxylic acids is 2. The van der Waals surface area contributed by atoms with E-state index >= 15 is 0 Å². The fraction of sp³-hybridized carbons (Fsp3) is 0.833. The van der Waals surface area contributed by atoms with E-state index in [1.807, 2.05) is 13.8 Å². The summed E-state index contributed by atoms with van der Waals surface area (Å²) in [5.74, 6) is -0.0519. The number of rotatable bonds is 5. The van der Waals surface area contributed by atoms with Gasteiger partial charge in [0.15, 0.2) is 0 Å². The lowest BCUT2D eigenvalue weighted by Gasteiger charge is -2.40. The van der Waals surface area contributed by atoms with Crippen molar-refractivity contribution in [3.05, 3.63) is 0 Å². The Kier molecular flexibility index (Phi) is 4.93. The van der Waals surface area contributed by atoms with E-state index in [1.54, 1.807) is 18.9 Å². The molecule has 1 N–H and O–H groups in total. The number of amides is 2. The first-order valence-electron chi connectivity index (χ1n) is 6.14. The van der Waals surface area contributed by atoms with Crippen molar-refractivity contribution in [1.29, 1.82) is 0 Å². The first-order chi connectivity index (χ1) is 8.02. The Morgan fingerprint density at radius 3 is 2.65 bits per heavy atom. The fourth-order valence-corrected chi connectivity index (χ4v) is 2.15. The summed E-state index contributed by atoms with van der Waals surface area (Å²) >= 11 is 0. The summed E-state index contributed by atoms with van der Waals surface area (Å²) in [4.78, 5) is 25.6. The van der Waals surface area contributed by atoms with Gasteiger partial charge in [0, 0.05) is 19.8 Å². The number of hydrogen-bond acceptors (Lipinski definition) is 3. The van der Waals surface area contributed by atoms with Gasteiger partial charge in [-0.05, 0) is 26.7 Å². The largest absolute Gasteiger partial charge is 0.385 e. The van der Waals surface area contributed by atoms with Crippen LogP contribution < -0.4 is 5.32 Å². The zero-order valence-corrected chi connectivity index (χ0v) is 11.0. The Hall–Kier alpha value is -1.10. The molecule has 2 amide bonds. The summed E-state index contributed by atoms with van der Waals surface area (Å²) in [5.41, 5.74) is 0. The van der Waals surface area contributed by atoms with Gasteiger partial charge in [0.1, 0.15) is 12.1 Å². The van der Waals surface area contributed by atoms with Gasteiger partial charge >= 0.3 is 0 Å². The molecule has 0 saturated carbocycles. The molecule has 5 heteroatoms. The zero-order chi connectivity index (χ0) is 13.0. The highest BCUT2D eigenvalue weighted by Crippen LogP contribution is 2.17. The topological polar surface area (TPSA) is 58.6 Å². The van der Waals surface area contributed by atoms with E-state index in [0.29, 0.717) is 13.0 Å². The van der Waals surface area contributed by atoms with Gasteiger partial charge in [-0.15, -0.1) is 0 Å². The maximum Gasteiger partial charge on any atom is 0.246 e. The minimum absolute atomic E-state index is 0.0169. The number of methoxy groups -OCH3 is 1. The van der Waals surface area contributed by atoms with Gasteiger partial charge in [-0.25, -0.2) is 0 Å². The van der Waals surface area contributed by atoms with E-state index < -0.39 is 6.04 Å². The number of nitrogens with one attached hydrogen (secondary N) is 1. The maximum atomic E-state index is 12.2. The van der Waals surface area contributed by atoms with Gasteiger partial charge in [-0.3, -0.25) is 9.59 Å². The van der Waals surface area contributed by atoms with Crippen LogP contribution in [0.4, 0.5) is 0 Å². The fourth-order valence-electron chi connectivity index (χ4n) is 2.15. The molecular weight excluding hydrogens is 220 g/mol. The van der Waals surface area contributed by atoms with E-state index in [4.69, 9.17) is 4.74 Å². The van der Waals surface area contributed by atoms with Crippen LogP contribution >= 0.6 is 0 Å². The van der Waals surface area contributed by atoms with Crippen LogP contribution in [0.1, 0.15) is 33.6 Å². The molecule has 1 rings (SSSR count). The molecule has 1 saturated heterocycles. The summed E-state index contributed by atoms with van der Waals surface area (Å²) in [6.45, 7) is 6.22. The molecule has 1 fully saturated rings. The van der Waals surface area contributed by atoms with Crippen molar-refractivity contribution in [3.8, 4) is 0 Å². The Bertz CT molecular complexity index is 293. The van der Waals surface area contributed by atoms with Gasteiger partial charge in [0.2, 0.25) is 11.8 Å². The van der Waals surface area contributed by atoms with Crippen molar-refractivity contribution in [2.24, 2.45) is 0 Å². The number of nitrogens with zero attached hydrogens (tertiary/aromatic N) is 1. The predicted molar refractivity (Wildman–Crippen MR) is 64.5 cm³/mol. The molecule has 0 spiro atoms. The predicted octanol–water partition coefficient (Wildman–Crippen LogP) is 0.537. The Morgan fingerprint density at radius 2 is 2.12 bits per heavy atom. The molecule has 0 aliphatic carbocycles. The van der Waals surface area contributed by atoms with E-state index in [9.17, 15) is 9.59 Å². The summed E-state index contributed by atoms with van der Waals surface area (Å²) in [6, 6.07) is -0.738. The SMILES string of the molecule is CCC1NC(=O)C(C)N(C(C)CCOC)C1=O. The standard InChI is InChI=1S/C12H22N2O3/c1-5-10-12(16)14(8(2)6-7-17-4)9(3)11(15)13-10/h8-10H,5-7H2,1-4H3,(H,13,15). The average Bonchev–Trinajstić information content (AvgIpc) is 2.31. The molecule has 1 heterocycles. The van der Waals surface area contributed by atoms with Gasteiger partial charge < -0.3 is 15.0 Å². The maximum absolute atomic E-state index is 12.2. The molecule has 1 aliphatic rings. The van der Waals surface area contributed by atoms with Crippen LogP contribution in [0.25, 0.3) is 0 Å². The minimum Gasteiger partial charge on any atom is -0.385 e.